The summed E-state index contributed by atoms with van der Waals surface area (Å²) in [5.74, 6) is -0.230. The minimum atomic E-state index is -3.71. The standard InChI is InChI=1S/C28H25N3O3S2/c1-3-31(36(33,34)24-11-4-19(2)5-12-24)23-10-13-25-20(16-23)17-26(35-25)27(32)30-22-8-6-21(7-9-22)28(18-29)14-15-28/h4-13,16-17H,3,14-15H2,1-2H3,(H,30,32). The van der Waals surface area contributed by atoms with Crippen LogP contribution in [0.3, 0.4) is 0 Å². The van der Waals surface area contributed by atoms with Crippen LogP contribution in [0.5, 0.6) is 0 Å². The van der Waals surface area contributed by atoms with E-state index in [1.54, 1.807) is 43.3 Å². The molecule has 1 fully saturated rings. The smallest absolute Gasteiger partial charge is 0.265 e. The number of rotatable bonds is 7. The van der Waals surface area contributed by atoms with Gasteiger partial charge in [0.1, 0.15) is 0 Å². The molecule has 182 valence electrons. The second kappa shape index (κ2) is 9.08. The second-order valence-electron chi connectivity index (χ2n) is 9.04. The summed E-state index contributed by atoms with van der Waals surface area (Å²) < 4.78 is 28.8. The van der Waals surface area contributed by atoms with Crippen LogP contribution < -0.4 is 9.62 Å². The van der Waals surface area contributed by atoms with E-state index in [1.807, 2.05) is 43.3 Å². The number of hydrogen-bond donors (Lipinski definition) is 1. The lowest BCUT2D eigenvalue weighted by Gasteiger charge is -2.23. The van der Waals surface area contributed by atoms with Gasteiger partial charge in [-0.25, -0.2) is 8.42 Å². The van der Waals surface area contributed by atoms with Crippen molar-refractivity contribution in [3.63, 3.8) is 0 Å². The van der Waals surface area contributed by atoms with Crippen LogP contribution in [0.4, 0.5) is 11.4 Å². The van der Waals surface area contributed by atoms with Crippen molar-refractivity contribution < 1.29 is 13.2 Å². The van der Waals surface area contributed by atoms with Crippen molar-refractivity contribution >= 4 is 48.7 Å². The highest BCUT2D eigenvalue weighted by Gasteiger charge is 2.44. The molecule has 1 saturated carbocycles. The van der Waals surface area contributed by atoms with E-state index in [2.05, 4.69) is 11.4 Å². The molecule has 0 saturated heterocycles. The summed E-state index contributed by atoms with van der Waals surface area (Å²) in [6.07, 6.45) is 1.75. The van der Waals surface area contributed by atoms with Crippen LogP contribution in [0.25, 0.3) is 10.1 Å². The van der Waals surface area contributed by atoms with Crippen LogP contribution in [0, 0.1) is 18.3 Å². The summed E-state index contributed by atoms with van der Waals surface area (Å²) in [5, 5.41) is 13.1. The SMILES string of the molecule is CCN(c1ccc2sc(C(=O)Nc3ccc(C4(C#N)CC4)cc3)cc2c1)S(=O)(=O)c1ccc(C)cc1. The van der Waals surface area contributed by atoms with E-state index in [0.717, 1.165) is 34.1 Å². The predicted octanol–water partition coefficient (Wildman–Crippen LogP) is 6.23. The number of fused-ring (bicyclic) bond motifs is 1. The second-order valence-corrected chi connectivity index (χ2v) is 12.0. The Morgan fingerprint density at radius 2 is 1.75 bits per heavy atom. The van der Waals surface area contributed by atoms with Crippen LogP contribution >= 0.6 is 11.3 Å². The largest absolute Gasteiger partial charge is 0.321 e. The van der Waals surface area contributed by atoms with Crippen LogP contribution in [0.15, 0.2) is 77.7 Å². The molecule has 1 heterocycles. The molecule has 0 aliphatic heterocycles. The van der Waals surface area contributed by atoms with Crippen molar-refractivity contribution in [2.45, 2.75) is 37.0 Å². The Kier molecular flexibility index (Phi) is 6.07. The minimum Gasteiger partial charge on any atom is -0.321 e. The zero-order chi connectivity index (χ0) is 25.5. The van der Waals surface area contributed by atoms with Crippen molar-refractivity contribution in [1.29, 1.82) is 5.26 Å². The van der Waals surface area contributed by atoms with Crippen molar-refractivity contribution in [1.82, 2.24) is 0 Å². The fourth-order valence-electron chi connectivity index (χ4n) is 4.28. The normalized spacial score (nSPS) is 14.2. The Hall–Kier alpha value is -3.67. The highest BCUT2D eigenvalue weighted by molar-refractivity contribution is 7.92. The molecule has 0 atom stereocenters. The number of thiophene rings is 1. The van der Waals surface area contributed by atoms with Gasteiger partial charge in [-0.05, 0) is 86.2 Å². The molecule has 6 nitrogen and oxygen atoms in total. The summed E-state index contributed by atoms with van der Waals surface area (Å²) in [6.45, 7) is 4.00. The molecular weight excluding hydrogens is 490 g/mol. The van der Waals surface area contributed by atoms with Gasteiger partial charge < -0.3 is 5.32 Å². The molecule has 1 amide bonds. The fraction of sp³-hybridized carbons (Fsp3) is 0.214. The molecule has 0 spiro atoms. The van der Waals surface area contributed by atoms with Crippen molar-refractivity contribution in [3.8, 4) is 6.07 Å². The molecule has 4 aromatic rings. The number of nitriles is 1. The lowest BCUT2D eigenvalue weighted by Crippen LogP contribution is -2.30. The Morgan fingerprint density at radius 3 is 2.36 bits per heavy atom. The van der Waals surface area contributed by atoms with E-state index < -0.39 is 10.0 Å². The zero-order valence-electron chi connectivity index (χ0n) is 20.0. The molecule has 0 bridgehead atoms. The number of nitrogens with zero attached hydrogens (tertiary/aromatic N) is 2. The van der Waals surface area contributed by atoms with Gasteiger partial charge in [-0.3, -0.25) is 9.10 Å². The van der Waals surface area contributed by atoms with Gasteiger partial charge in [0.05, 0.1) is 26.9 Å². The number of nitrogens with one attached hydrogen (secondary N) is 1. The number of hydrogen-bond acceptors (Lipinski definition) is 5. The first kappa shape index (κ1) is 24.0. The van der Waals surface area contributed by atoms with Gasteiger partial charge in [-0.2, -0.15) is 5.26 Å². The highest BCUT2D eigenvalue weighted by Crippen LogP contribution is 2.47. The number of aryl methyl sites for hydroxylation is 1. The highest BCUT2D eigenvalue weighted by atomic mass is 32.2. The first-order valence-corrected chi connectivity index (χ1v) is 14.0. The number of carbonyl (C=O) groups excluding carboxylic acids is 1. The third-order valence-corrected chi connectivity index (χ3v) is 9.60. The molecule has 36 heavy (non-hydrogen) atoms. The maximum Gasteiger partial charge on any atom is 0.265 e. The van der Waals surface area contributed by atoms with E-state index in [1.165, 1.54) is 15.6 Å². The van der Waals surface area contributed by atoms with Gasteiger partial charge in [-0.15, -0.1) is 11.3 Å². The van der Waals surface area contributed by atoms with Crippen LogP contribution in [0.2, 0.25) is 0 Å². The molecule has 1 aliphatic rings. The topological polar surface area (TPSA) is 90.3 Å². The number of anilines is 2. The molecule has 1 N–H and O–H groups in total. The Labute approximate surface area is 214 Å². The number of amides is 1. The van der Waals surface area contributed by atoms with Crippen molar-refractivity contribution in [2.75, 3.05) is 16.2 Å². The summed E-state index contributed by atoms with van der Waals surface area (Å²) >= 11 is 1.36. The fourth-order valence-corrected chi connectivity index (χ4v) is 6.69. The maximum atomic E-state index is 13.3. The molecule has 1 aliphatic carbocycles. The van der Waals surface area contributed by atoms with Crippen LogP contribution in [-0.2, 0) is 15.4 Å². The van der Waals surface area contributed by atoms with Gasteiger partial charge in [0.25, 0.3) is 15.9 Å². The number of benzene rings is 3. The van der Waals surface area contributed by atoms with Crippen LogP contribution in [0.1, 0.15) is 40.6 Å². The van der Waals surface area contributed by atoms with Gasteiger partial charge in [-0.1, -0.05) is 29.8 Å². The monoisotopic (exact) mass is 515 g/mol. The lowest BCUT2D eigenvalue weighted by atomic mass is 9.98. The molecule has 3 aromatic carbocycles. The molecule has 5 rings (SSSR count). The maximum absolute atomic E-state index is 13.3. The molecule has 1 aromatic heterocycles. The first-order chi connectivity index (χ1) is 17.3. The Bertz CT molecular complexity index is 1590. The van der Waals surface area contributed by atoms with Gasteiger partial charge in [0.2, 0.25) is 0 Å². The summed E-state index contributed by atoms with van der Waals surface area (Å²) in [6, 6.07) is 23.9. The van der Waals surface area contributed by atoms with Crippen molar-refractivity contribution in [2.24, 2.45) is 0 Å². The average molecular weight is 516 g/mol. The molecule has 0 radical (unpaired) electrons. The molecule has 0 unspecified atom stereocenters. The molecular formula is C28H25N3O3S2. The van der Waals surface area contributed by atoms with E-state index in [9.17, 15) is 18.5 Å². The lowest BCUT2D eigenvalue weighted by molar-refractivity contribution is 0.103. The third-order valence-electron chi connectivity index (χ3n) is 6.57. The summed E-state index contributed by atoms with van der Waals surface area (Å²) in [7, 11) is -3.71. The summed E-state index contributed by atoms with van der Waals surface area (Å²) in [4.78, 5) is 13.7. The van der Waals surface area contributed by atoms with Crippen LogP contribution in [-0.4, -0.2) is 20.9 Å². The average Bonchev–Trinajstić information content (AvgIpc) is 3.56. The summed E-state index contributed by atoms with van der Waals surface area (Å²) in [5.41, 5.74) is 2.84. The van der Waals surface area contributed by atoms with Gasteiger partial charge in [0, 0.05) is 16.9 Å². The van der Waals surface area contributed by atoms with Gasteiger partial charge in [0.15, 0.2) is 0 Å². The first-order valence-electron chi connectivity index (χ1n) is 11.7. The van der Waals surface area contributed by atoms with E-state index >= 15 is 0 Å². The van der Waals surface area contributed by atoms with E-state index in [-0.39, 0.29) is 22.8 Å². The number of carbonyl (C=O) groups is 1. The Balaban J connectivity index is 1.37. The molecule has 8 heteroatoms. The third kappa shape index (κ3) is 4.36. The van der Waals surface area contributed by atoms with E-state index in [4.69, 9.17) is 0 Å². The Morgan fingerprint density at radius 1 is 1.06 bits per heavy atom. The quantitative estimate of drug-likeness (QED) is 0.316. The van der Waals surface area contributed by atoms with E-state index in [0.29, 0.717) is 16.3 Å². The zero-order valence-corrected chi connectivity index (χ0v) is 21.6. The minimum absolute atomic E-state index is 0.230. The van der Waals surface area contributed by atoms with Gasteiger partial charge >= 0.3 is 0 Å². The predicted molar refractivity (Wildman–Crippen MR) is 144 cm³/mol. The number of sulfonamides is 1. The van der Waals surface area contributed by atoms with Crippen molar-refractivity contribution in [3.05, 3.63) is 88.8 Å².